The van der Waals surface area contributed by atoms with E-state index in [0.717, 1.165) is 25.7 Å². The van der Waals surface area contributed by atoms with Crippen LogP contribution in [0.1, 0.15) is 41.6 Å². The fourth-order valence-electron chi connectivity index (χ4n) is 3.76. The number of rotatable bonds is 6. The Morgan fingerprint density at radius 3 is 2.27 bits per heavy atom. The monoisotopic (exact) mass is 351 g/mol. The molecular weight excluding hydrogens is 325 g/mol. The Hall–Kier alpha value is -2.11. The van der Waals surface area contributed by atoms with Crippen LogP contribution >= 0.6 is 0 Å². The summed E-state index contributed by atoms with van der Waals surface area (Å²) in [5.74, 6) is -0.245. The molecule has 2 aromatic rings. The first-order valence-corrected chi connectivity index (χ1v) is 9.32. The molecule has 0 spiro atoms. The van der Waals surface area contributed by atoms with Crippen molar-refractivity contribution in [2.24, 2.45) is 0 Å². The summed E-state index contributed by atoms with van der Waals surface area (Å²) >= 11 is 0. The van der Waals surface area contributed by atoms with E-state index in [1.807, 2.05) is 24.3 Å². The molecule has 136 valence electrons. The van der Waals surface area contributed by atoms with Gasteiger partial charge < -0.3 is 15.0 Å². The van der Waals surface area contributed by atoms with E-state index in [9.17, 15) is 9.82 Å². The maximum atomic E-state index is 12.3. The van der Waals surface area contributed by atoms with E-state index in [1.54, 1.807) is 19.0 Å². The lowest BCUT2D eigenvalue weighted by molar-refractivity contribution is 0.0139. The van der Waals surface area contributed by atoms with Gasteiger partial charge in [-0.15, -0.1) is 0 Å². The molecule has 2 aromatic carbocycles. The van der Waals surface area contributed by atoms with Crippen molar-refractivity contribution < 1.29 is 14.6 Å². The zero-order valence-electron chi connectivity index (χ0n) is 15.2. The smallest absolute Gasteiger partial charge is 0.373 e. The highest BCUT2D eigenvalue weighted by Crippen LogP contribution is 2.40. The minimum absolute atomic E-state index is 0.0338. The van der Waals surface area contributed by atoms with Gasteiger partial charge in [-0.05, 0) is 56.7 Å². The van der Waals surface area contributed by atoms with Crippen molar-refractivity contribution in [2.75, 3.05) is 6.54 Å². The lowest BCUT2D eigenvalue weighted by Crippen LogP contribution is -2.46. The van der Waals surface area contributed by atoms with Crippen molar-refractivity contribution in [3.05, 3.63) is 71.8 Å². The molecule has 1 saturated carbocycles. The zero-order valence-corrected chi connectivity index (χ0v) is 15.2. The second kappa shape index (κ2) is 8.52. The van der Waals surface area contributed by atoms with Gasteiger partial charge in [-0.25, -0.2) is 4.79 Å². The second-order valence-corrected chi connectivity index (χ2v) is 7.17. The molecule has 1 aliphatic rings. The second-order valence-electron chi connectivity index (χ2n) is 7.17. The lowest BCUT2D eigenvalue weighted by Gasteiger charge is -2.41. The molecule has 0 aromatic heterocycles. The number of carbonyl (C=O) groups excluding carboxylic acids is 1. The standard InChI is InChI=1S/C21H26BNO3/c1-22(25)23-16-21(18-10-6-3-7-11-18)14-12-19(13-15-21)26-20(24)17-8-4-2-5-9-17/h2-11,19,23,25H,12-16H2,1H3. The summed E-state index contributed by atoms with van der Waals surface area (Å²) in [5.41, 5.74) is 1.85. The van der Waals surface area contributed by atoms with Crippen LogP contribution in [0.5, 0.6) is 0 Å². The third-order valence-corrected chi connectivity index (χ3v) is 5.29. The number of hydrogen-bond acceptors (Lipinski definition) is 4. The predicted molar refractivity (Wildman–Crippen MR) is 104 cm³/mol. The minimum Gasteiger partial charge on any atom is -0.459 e. The van der Waals surface area contributed by atoms with Crippen LogP contribution < -0.4 is 5.23 Å². The summed E-state index contributed by atoms with van der Waals surface area (Å²) in [5, 5.41) is 12.8. The van der Waals surface area contributed by atoms with Crippen molar-refractivity contribution in [3.63, 3.8) is 0 Å². The molecule has 3 rings (SSSR count). The fourth-order valence-corrected chi connectivity index (χ4v) is 3.76. The molecular formula is C21H26BNO3. The first-order chi connectivity index (χ1) is 12.6. The zero-order chi connectivity index (χ0) is 18.4. The van der Waals surface area contributed by atoms with Gasteiger partial charge in [0.05, 0.1) is 5.56 Å². The van der Waals surface area contributed by atoms with Crippen molar-refractivity contribution in [2.45, 2.75) is 44.0 Å². The SMILES string of the molecule is CB(O)NCC1(c2ccccc2)CCC(OC(=O)c2ccccc2)CC1. The van der Waals surface area contributed by atoms with Gasteiger partial charge >= 0.3 is 13.0 Å². The fraction of sp³-hybridized carbons (Fsp3) is 0.381. The number of nitrogens with one attached hydrogen (secondary N) is 1. The van der Waals surface area contributed by atoms with Crippen LogP contribution in [-0.2, 0) is 10.2 Å². The lowest BCUT2D eigenvalue weighted by atomic mass is 9.67. The van der Waals surface area contributed by atoms with E-state index < -0.39 is 7.05 Å². The third-order valence-electron chi connectivity index (χ3n) is 5.29. The molecule has 1 fully saturated rings. The van der Waals surface area contributed by atoms with E-state index in [0.29, 0.717) is 12.1 Å². The van der Waals surface area contributed by atoms with Crippen molar-refractivity contribution in [1.29, 1.82) is 0 Å². The highest BCUT2D eigenvalue weighted by atomic mass is 16.5. The number of esters is 1. The predicted octanol–water partition coefficient (Wildman–Crippen LogP) is 3.42. The molecule has 26 heavy (non-hydrogen) atoms. The third kappa shape index (κ3) is 4.54. The summed E-state index contributed by atoms with van der Waals surface area (Å²) < 4.78 is 5.72. The maximum absolute atomic E-state index is 12.3. The van der Waals surface area contributed by atoms with Gasteiger partial charge in [0.15, 0.2) is 0 Å². The Balaban J connectivity index is 1.66. The van der Waals surface area contributed by atoms with Crippen molar-refractivity contribution >= 4 is 13.0 Å². The highest BCUT2D eigenvalue weighted by molar-refractivity contribution is 6.45. The van der Waals surface area contributed by atoms with Crippen molar-refractivity contribution in [3.8, 4) is 0 Å². The molecule has 0 heterocycles. The molecule has 0 radical (unpaired) electrons. The Morgan fingerprint density at radius 1 is 1.12 bits per heavy atom. The number of benzene rings is 2. The first-order valence-electron chi connectivity index (χ1n) is 9.32. The normalized spacial score (nSPS) is 22.6. The summed E-state index contributed by atoms with van der Waals surface area (Å²) in [6.07, 6.45) is 3.45. The van der Waals surface area contributed by atoms with E-state index in [1.165, 1.54) is 5.56 Å². The molecule has 2 N–H and O–H groups in total. The van der Waals surface area contributed by atoms with Crippen LogP contribution in [0.25, 0.3) is 0 Å². The molecule has 0 aliphatic heterocycles. The van der Waals surface area contributed by atoms with Gasteiger partial charge in [0, 0.05) is 5.41 Å². The molecule has 0 atom stereocenters. The topological polar surface area (TPSA) is 58.6 Å². The van der Waals surface area contributed by atoms with Crippen LogP contribution in [0, 0.1) is 0 Å². The molecule has 0 saturated heterocycles. The summed E-state index contributed by atoms with van der Waals surface area (Å²) in [4.78, 5) is 12.3. The van der Waals surface area contributed by atoms with Crippen LogP contribution in [0.15, 0.2) is 60.7 Å². The van der Waals surface area contributed by atoms with Gasteiger partial charge in [-0.1, -0.05) is 48.5 Å². The van der Waals surface area contributed by atoms with Crippen LogP contribution in [-0.4, -0.2) is 30.7 Å². The maximum Gasteiger partial charge on any atom is 0.373 e. The average Bonchev–Trinajstić information content (AvgIpc) is 2.69. The molecule has 4 nitrogen and oxygen atoms in total. The van der Waals surface area contributed by atoms with Gasteiger partial charge in [0.1, 0.15) is 6.10 Å². The largest absolute Gasteiger partial charge is 0.459 e. The highest BCUT2D eigenvalue weighted by Gasteiger charge is 2.38. The van der Waals surface area contributed by atoms with E-state index >= 15 is 0 Å². The summed E-state index contributed by atoms with van der Waals surface area (Å²) in [6, 6.07) is 19.6. The van der Waals surface area contributed by atoms with Gasteiger partial charge in [0.2, 0.25) is 0 Å². The van der Waals surface area contributed by atoms with E-state index in [-0.39, 0.29) is 17.5 Å². The van der Waals surface area contributed by atoms with E-state index in [4.69, 9.17) is 4.74 Å². The Bertz CT molecular complexity index is 698. The average molecular weight is 351 g/mol. The summed E-state index contributed by atoms with van der Waals surface area (Å²) in [6.45, 7) is 2.46. The number of hydrogen-bond donors (Lipinski definition) is 2. The van der Waals surface area contributed by atoms with Crippen LogP contribution in [0.3, 0.4) is 0 Å². The number of carbonyl (C=O) groups is 1. The van der Waals surface area contributed by atoms with Crippen LogP contribution in [0.2, 0.25) is 6.82 Å². The van der Waals surface area contributed by atoms with Gasteiger partial charge in [-0.3, -0.25) is 0 Å². The van der Waals surface area contributed by atoms with Crippen LogP contribution in [0.4, 0.5) is 0 Å². The molecule has 0 bridgehead atoms. The quantitative estimate of drug-likeness (QED) is 0.619. The minimum atomic E-state index is -0.538. The Kier molecular flexibility index (Phi) is 6.12. The Morgan fingerprint density at radius 2 is 1.69 bits per heavy atom. The first kappa shape index (κ1) is 18.7. The number of ether oxygens (including phenoxy) is 1. The molecule has 0 amide bonds. The Labute approximate surface area is 155 Å². The van der Waals surface area contributed by atoms with Crippen molar-refractivity contribution in [1.82, 2.24) is 5.23 Å². The van der Waals surface area contributed by atoms with E-state index in [2.05, 4.69) is 29.5 Å². The van der Waals surface area contributed by atoms with Gasteiger partial charge in [-0.2, -0.15) is 0 Å². The molecule has 0 unspecified atom stereocenters. The van der Waals surface area contributed by atoms with Gasteiger partial charge in [0.25, 0.3) is 0 Å². The molecule has 1 aliphatic carbocycles. The summed E-state index contributed by atoms with van der Waals surface area (Å²) in [7, 11) is -0.538. The molecule has 5 heteroatoms.